The predicted molar refractivity (Wildman–Crippen MR) is 149 cm³/mol. The number of benzene rings is 1. The van der Waals surface area contributed by atoms with Gasteiger partial charge >= 0.3 is 17.9 Å². The first-order valence-electron chi connectivity index (χ1n) is 13.1. The molecule has 10 nitrogen and oxygen atoms in total. The maximum absolute atomic E-state index is 13.5. The van der Waals surface area contributed by atoms with Gasteiger partial charge in [-0.1, -0.05) is 18.2 Å². The number of esters is 3. The van der Waals surface area contributed by atoms with Gasteiger partial charge in [-0.25, -0.2) is 9.59 Å². The Morgan fingerprint density at radius 2 is 1.43 bits per heavy atom. The molecule has 1 aromatic carbocycles. The Bertz CT molecular complexity index is 1060. The van der Waals surface area contributed by atoms with Crippen LogP contribution in [0.25, 0.3) is 0 Å². The average molecular weight is 564 g/mol. The van der Waals surface area contributed by atoms with Crippen LogP contribution in [0.1, 0.15) is 74.3 Å². The lowest BCUT2D eigenvalue weighted by atomic mass is 9.83. The minimum Gasteiger partial charge on any atom is -0.488 e. The van der Waals surface area contributed by atoms with Crippen LogP contribution in [-0.4, -0.2) is 64.5 Å². The van der Waals surface area contributed by atoms with E-state index in [2.05, 4.69) is 11.9 Å². The van der Waals surface area contributed by atoms with E-state index in [1.165, 1.54) is 0 Å². The molecule has 0 saturated heterocycles. The Morgan fingerprint density at radius 1 is 0.900 bits per heavy atom. The van der Waals surface area contributed by atoms with E-state index in [-0.39, 0.29) is 6.42 Å². The van der Waals surface area contributed by atoms with Crippen LogP contribution in [0.3, 0.4) is 0 Å². The molecule has 0 aliphatic rings. The smallest absolute Gasteiger partial charge is 0.339 e. The Labute approximate surface area is 237 Å². The number of amides is 1. The minimum atomic E-state index is -2.65. The van der Waals surface area contributed by atoms with Gasteiger partial charge in [-0.2, -0.15) is 0 Å². The molecule has 40 heavy (non-hydrogen) atoms. The molecule has 0 aromatic heterocycles. The lowest BCUT2D eigenvalue weighted by Crippen LogP contribution is -2.56. The molecule has 0 radical (unpaired) electrons. The maximum Gasteiger partial charge on any atom is 0.339 e. The standard InChI is InChI=1S/C30H45NO9/c1-12-21(30(36,26(35)37-11)18-23(32)39-28(5,6)7)24(33)31-22(25(34)40-29(8,9)10)17-19-13-15-20(16-14-19)38-27(2,3)4/h12-16,21-22,36H,1,17-18H2,2-11H3,(H,31,33)/t21-,22+,30+/m1/s1. The van der Waals surface area contributed by atoms with Crippen molar-refractivity contribution in [2.45, 2.75) is 104 Å². The van der Waals surface area contributed by atoms with E-state index in [1.807, 2.05) is 20.8 Å². The van der Waals surface area contributed by atoms with Crippen LogP contribution in [0.5, 0.6) is 5.75 Å². The molecule has 2 N–H and O–H groups in total. The van der Waals surface area contributed by atoms with Crippen LogP contribution in [0, 0.1) is 5.92 Å². The van der Waals surface area contributed by atoms with E-state index < -0.39 is 64.6 Å². The lowest BCUT2D eigenvalue weighted by molar-refractivity contribution is -0.180. The number of rotatable bonds is 11. The molecule has 0 unspecified atom stereocenters. The van der Waals surface area contributed by atoms with Gasteiger partial charge in [0.25, 0.3) is 0 Å². The summed E-state index contributed by atoms with van der Waals surface area (Å²) in [6, 6.07) is 5.80. The summed E-state index contributed by atoms with van der Waals surface area (Å²) in [5.74, 6) is -4.86. The SMILES string of the molecule is C=C[C@H](C(=O)N[C@@H](Cc1ccc(OC(C)(C)C)cc1)C(=O)OC(C)(C)C)[C@@](O)(CC(=O)OC(C)(C)C)C(=O)OC. The zero-order valence-electron chi connectivity index (χ0n) is 25.4. The predicted octanol–water partition coefficient (Wildman–Crippen LogP) is 3.67. The second-order valence-electron chi connectivity index (χ2n) is 12.5. The van der Waals surface area contributed by atoms with Crippen LogP contribution < -0.4 is 10.1 Å². The Hall–Kier alpha value is -3.40. The van der Waals surface area contributed by atoms with E-state index in [0.29, 0.717) is 11.3 Å². The van der Waals surface area contributed by atoms with Gasteiger partial charge in [0.15, 0.2) is 5.60 Å². The van der Waals surface area contributed by atoms with Crippen molar-refractivity contribution in [2.75, 3.05) is 7.11 Å². The second kappa shape index (κ2) is 13.3. The third-order valence-corrected chi connectivity index (χ3v) is 5.20. The van der Waals surface area contributed by atoms with Crippen molar-refractivity contribution in [3.05, 3.63) is 42.5 Å². The van der Waals surface area contributed by atoms with E-state index in [1.54, 1.807) is 65.8 Å². The molecule has 0 heterocycles. The van der Waals surface area contributed by atoms with Gasteiger partial charge in [0.2, 0.25) is 5.91 Å². The highest BCUT2D eigenvalue weighted by Gasteiger charge is 2.50. The van der Waals surface area contributed by atoms with Gasteiger partial charge in [0.1, 0.15) is 28.6 Å². The van der Waals surface area contributed by atoms with Crippen LogP contribution >= 0.6 is 0 Å². The number of hydrogen-bond acceptors (Lipinski definition) is 9. The van der Waals surface area contributed by atoms with Crippen LogP contribution in [-0.2, 0) is 39.8 Å². The first kappa shape index (κ1) is 34.6. The van der Waals surface area contributed by atoms with Crippen LogP contribution in [0.2, 0.25) is 0 Å². The first-order valence-corrected chi connectivity index (χ1v) is 13.1. The van der Waals surface area contributed by atoms with E-state index >= 15 is 0 Å². The first-order chi connectivity index (χ1) is 18.1. The Kier molecular flexibility index (Phi) is 11.5. The number of hydrogen-bond donors (Lipinski definition) is 2. The van der Waals surface area contributed by atoms with Crippen LogP contribution in [0.15, 0.2) is 36.9 Å². The molecule has 0 saturated carbocycles. The van der Waals surface area contributed by atoms with E-state index in [9.17, 15) is 24.3 Å². The molecule has 0 fully saturated rings. The summed E-state index contributed by atoms with van der Waals surface area (Å²) in [6.45, 7) is 19.2. The van der Waals surface area contributed by atoms with Gasteiger partial charge < -0.3 is 29.4 Å². The highest BCUT2D eigenvalue weighted by Crippen LogP contribution is 2.28. The molecule has 10 heteroatoms. The summed E-state index contributed by atoms with van der Waals surface area (Å²) in [4.78, 5) is 51.8. The molecule has 3 atom stereocenters. The molecule has 0 spiro atoms. The zero-order chi connectivity index (χ0) is 31.1. The summed E-state index contributed by atoms with van der Waals surface area (Å²) in [6.07, 6.45) is 0.165. The van der Waals surface area contributed by atoms with Gasteiger partial charge in [-0.15, -0.1) is 6.58 Å². The molecule has 0 aliphatic heterocycles. The van der Waals surface area contributed by atoms with Gasteiger partial charge in [0, 0.05) is 6.42 Å². The van der Waals surface area contributed by atoms with Crippen LogP contribution in [0.4, 0.5) is 0 Å². The van der Waals surface area contributed by atoms with Gasteiger partial charge in [0.05, 0.1) is 19.4 Å². The molecule has 0 bridgehead atoms. The average Bonchev–Trinajstić information content (AvgIpc) is 2.76. The monoisotopic (exact) mass is 563 g/mol. The molecule has 224 valence electrons. The van der Waals surface area contributed by atoms with Crippen molar-refractivity contribution in [1.82, 2.24) is 5.32 Å². The molecular formula is C30H45NO9. The van der Waals surface area contributed by atoms with Gasteiger partial charge in [-0.3, -0.25) is 9.59 Å². The lowest BCUT2D eigenvalue weighted by Gasteiger charge is -2.32. The fourth-order valence-electron chi connectivity index (χ4n) is 3.71. The van der Waals surface area contributed by atoms with Crippen molar-refractivity contribution in [2.24, 2.45) is 5.92 Å². The van der Waals surface area contributed by atoms with Crippen molar-refractivity contribution in [1.29, 1.82) is 0 Å². The van der Waals surface area contributed by atoms with Crippen molar-refractivity contribution >= 4 is 23.8 Å². The minimum absolute atomic E-state index is 0.0308. The fourth-order valence-corrected chi connectivity index (χ4v) is 3.71. The summed E-state index contributed by atoms with van der Waals surface area (Å²) >= 11 is 0. The number of methoxy groups -OCH3 is 1. The topological polar surface area (TPSA) is 137 Å². The quantitative estimate of drug-likeness (QED) is 0.235. The third kappa shape index (κ3) is 11.4. The number of carbonyl (C=O) groups excluding carboxylic acids is 4. The summed E-state index contributed by atoms with van der Waals surface area (Å²) in [5, 5.41) is 13.9. The molecule has 1 amide bonds. The second-order valence-corrected chi connectivity index (χ2v) is 12.5. The summed E-state index contributed by atoms with van der Waals surface area (Å²) < 4.78 is 21.3. The number of aliphatic hydroxyl groups is 1. The highest BCUT2D eigenvalue weighted by atomic mass is 16.6. The molecule has 1 aromatic rings. The Morgan fingerprint density at radius 3 is 1.85 bits per heavy atom. The Balaban J connectivity index is 3.33. The summed E-state index contributed by atoms with van der Waals surface area (Å²) in [7, 11) is 1.01. The number of ether oxygens (including phenoxy) is 4. The number of carbonyl (C=O) groups is 4. The molecule has 0 aliphatic carbocycles. The van der Waals surface area contributed by atoms with Crippen molar-refractivity contribution < 1.29 is 43.2 Å². The molecule has 1 rings (SSSR count). The largest absolute Gasteiger partial charge is 0.488 e. The number of nitrogens with one attached hydrogen (secondary N) is 1. The van der Waals surface area contributed by atoms with Crippen molar-refractivity contribution in [3.8, 4) is 5.75 Å². The highest BCUT2D eigenvalue weighted by molar-refractivity contribution is 5.95. The fraction of sp³-hybridized carbons (Fsp3) is 0.600. The third-order valence-electron chi connectivity index (χ3n) is 5.20. The van der Waals surface area contributed by atoms with E-state index in [0.717, 1.165) is 13.2 Å². The van der Waals surface area contributed by atoms with Gasteiger partial charge in [-0.05, 0) is 80.0 Å². The van der Waals surface area contributed by atoms with E-state index in [4.69, 9.17) is 18.9 Å². The zero-order valence-corrected chi connectivity index (χ0v) is 25.4. The summed E-state index contributed by atoms with van der Waals surface area (Å²) in [5.41, 5.74) is -4.12. The molecular weight excluding hydrogens is 518 g/mol. The maximum atomic E-state index is 13.5. The van der Waals surface area contributed by atoms with Crippen molar-refractivity contribution in [3.63, 3.8) is 0 Å². The normalized spacial score (nSPS) is 15.1.